The molecule has 44 heavy (non-hydrogen) atoms. The van der Waals surface area contributed by atoms with E-state index in [-0.39, 0.29) is 53.0 Å². The number of aliphatic hydroxyl groups excluding tert-OH is 1. The lowest BCUT2D eigenvalue weighted by Gasteiger charge is -2.59. The van der Waals surface area contributed by atoms with Crippen molar-refractivity contribution in [2.45, 2.75) is 108 Å². The summed E-state index contributed by atoms with van der Waals surface area (Å²) in [7, 11) is 1.40. The highest BCUT2D eigenvalue weighted by atomic mass is 16.6. The lowest BCUT2D eigenvalue weighted by molar-refractivity contribution is -0.190. The first kappa shape index (κ1) is 30.6. The summed E-state index contributed by atoms with van der Waals surface area (Å²) in [6.07, 6.45) is 1.50. The Kier molecular flexibility index (Phi) is 6.28. The summed E-state index contributed by atoms with van der Waals surface area (Å²) >= 11 is 0. The molecule has 0 radical (unpaired) electrons. The van der Waals surface area contributed by atoms with E-state index in [1.54, 1.807) is 6.92 Å². The van der Waals surface area contributed by atoms with Crippen LogP contribution < -0.4 is 9.47 Å². The van der Waals surface area contributed by atoms with Gasteiger partial charge >= 0.3 is 5.97 Å². The number of hydrogen-bond donors (Lipinski definition) is 3. The molecule has 6 atom stereocenters. The van der Waals surface area contributed by atoms with E-state index in [1.807, 2.05) is 34.6 Å². The van der Waals surface area contributed by atoms with Crippen molar-refractivity contribution in [1.82, 2.24) is 0 Å². The van der Waals surface area contributed by atoms with Crippen LogP contribution in [0, 0.1) is 5.92 Å². The summed E-state index contributed by atoms with van der Waals surface area (Å²) < 4.78 is 26.0. The van der Waals surface area contributed by atoms with E-state index in [4.69, 9.17) is 18.9 Å². The number of carbonyl (C=O) groups is 3. The number of phenolic OH excluding ortho intramolecular Hbond substituents is 1. The number of methoxy groups -OCH3 is 1. The van der Waals surface area contributed by atoms with Crippen molar-refractivity contribution in [3.8, 4) is 17.2 Å². The first-order chi connectivity index (χ1) is 20.3. The fourth-order valence-electron chi connectivity index (χ4n) is 8.08. The maximum absolute atomic E-state index is 14.8. The Morgan fingerprint density at radius 1 is 1.20 bits per heavy atom. The first-order valence-corrected chi connectivity index (χ1v) is 14.9. The molecule has 3 aliphatic carbocycles. The Labute approximate surface area is 256 Å². The van der Waals surface area contributed by atoms with Crippen molar-refractivity contribution in [3.63, 3.8) is 0 Å². The molecule has 10 heteroatoms. The highest BCUT2D eigenvalue weighted by Crippen LogP contribution is 2.70. The Morgan fingerprint density at radius 2 is 1.86 bits per heavy atom. The van der Waals surface area contributed by atoms with Gasteiger partial charge in [0.15, 0.2) is 17.0 Å². The number of aliphatic carboxylic acids is 1. The van der Waals surface area contributed by atoms with Gasteiger partial charge in [-0.25, -0.2) is 4.79 Å². The number of Topliss-reactive ketones (excluding diaryl/α,β-unsaturated/α-hetero) is 2. The van der Waals surface area contributed by atoms with Crippen LogP contribution in [0.2, 0.25) is 0 Å². The lowest BCUT2D eigenvalue weighted by Crippen LogP contribution is -2.77. The van der Waals surface area contributed by atoms with Crippen LogP contribution in [0.25, 0.3) is 0 Å². The summed E-state index contributed by atoms with van der Waals surface area (Å²) in [4.78, 5) is 41.2. The minimum atomic E-state index is -1.81. The molecular formula is C34H40O10. The van der Waals surface area contributed by atoms with E-state index in [0.29, 0.717) is 16.9 Å². The molecule has 10 nitrogen and oxygen atoms in total. The van der Waals surface area contributed by atoms with Gasteiger partial charge in [-0.05, 0) is 47.1 Å². The highest BCUT2D eigenvalue weighted by Gasteiger charge is 2.84. The van der Waals surface area contributed by atoms with Gasteiger partial charge in [-0.2, -0.15) is 0 Å². The molecule has 1 aromatic carbocycles. The number of fused-ring (bicyclic) bond motifs is 3. The number of carboxylic acids is 1. The van der Waals surface area contributed by atoms with Gasteiger partial charge in [-0.15, -0.1) is 0 Å². The van der Waals surface area contributed by atoms with Gasteiger partial charge in [0.25, 0.3) is 0 Å². The Morgan fingerprint density at radius 3 is 2.45 bits per heavy atom. The van der Waals surface area contributed by atoms with E-state index >= 15 is 0 Å². The van der Waals surface area contributed by atoms with Gasteiger partial charge < -0.3 is 34.3 Å². The molecule has 2 fully saturated rings. The maximum Gasteiger partial charge on any atom is 0.330 e. The van der Waals surface area contributed by atoms with Crippen LogP contribution >= 0.6 is 0 Å². The zero-order chi connectivity index (χ0) is 32.5. The number of hydrogen-bond acceptors (Lipinski definition) is 9. The smallest absolute Gasteiger partial charge is 0.330 e. The number of aliphatic hydroxyl groups is 1. The normalized spacial score (nSPS) is 34.4. The average Bonchev–Trinajstić information content (AvgIpc) is 3.27. The maximum atomic E-state index is 14.8. The molecule has 0 aromatic heterocycles. The summed E-state index contributed by atoms with van der Waals surface area (Å²) in [6, 6.07) is 0. The van der Waals surface area contributed by atoms with Gasteiger partial charge in [-0.1, -0.05) is 32.1 Å². The van der Waals surface area contributed by atoms with Gasteiger partial charge in [0.1, 0.15) is 34.5 Å². The molecule has 1 unspecified atom stereocenters. The minimum absolute atomic E-state index is 0.0111. The number of benzene rings is 1. The molecule has 0 amide bonds. The lowest BCUT2D eigenvalue weighted by atomic mass is 9.49. The third-order valence-electron chi connectivity index (χ3n) is 10.9. The zero-order valence-electron chi connectivity index (χ0n) is 26.4. The molecule has 236 valence electrons. The van der Waals surface area contributed by atoms with Crippen LogP contribution in [-0.4, -0.2) is 74.6 Å². The highest BCUT2D eigenvalue weighted by molar-refractivity contribution is 6.20. The molecule has 6 aliphatic rings. The molecule has 7 rings (SSSR count). The van der Waals surface area contributed by atoms with Crippen LogP contribution in [0.4, 0.5) is 0 Å². The molecule has 3 N–H and O–H groups in total. The molecule has 3 heterocycles. The molecule has 1 saturated carbocycles. The largest absolute Gasteiger partial charge is 0.507 e. The fourth-order valence-corrected chi connectivity index (χ4v) is 8.08. The van der Waals surface area contributed by atoms with Crippen molar-refractivity contribution in [1.29, 1.82) is 0 Å². The van der Waals surface area contributed by atoms with Crippen molar-refractivity contribution >= 4 is 17.5 Å². The quantitative estimate of drug-likeness (QED) is 0.305. The van der Waals surface area contributed by atoms with Crippen LogP contribution in [-0.2, 0) is 30.9 Å². The first-order valence-electron chi connectivity index (χ1n) is 14.9. The number of ketones is 2. The Bertz CT molecular complexity index is 1630. The minimum Gasteiger partial charge on any atom is -0.507 e. The van der Waals surface area contributed by atoms with E-state index in [9.17, 15) is 29.7 Å². The molecule has 1 aromatic rings. The second-order valence-corrected chi connectivity index (χ2v) is 14.1. The number of carboxylic acid groups (broad SMARTS) is 1. The number of carbonyl (C=O) groups excluding carboxylic acids is 2. The number of phenols is 1. The molecule has 4 bridgehead atoms. The summed E-state index contributed by atoms with van der Waals surface area (Å²) in [5.74, 6) is -2.64. The van der Waals surface area contributed by atoms with Gasteiger partial charge in [-0.3, -0.25) is 9.59 Å². The molecular weight excluding hydrogens is 568 g/mol. The van der Waals surface area contributed by atoms with Crippen molar-refractivity contribution in [2.75, 3.05) is 7.11 Å². The number of aromatic hydroxyl groups is 1. The SMILES string of the molecule is C=C(C)C(O)Cc1c(O)c2c(c3c1O[C@@H](C)C3(C)C)O[C@]13C(=C[C@]4(OC)C[C@H]1C(C)(C)O[C@@]3(C/C=C(\C)C(=O)O)C4=O)C2=O. The van der Waals surface area contributed by atoms with E-state index in [2.05, 4.69) is 6.58 Å². The summed E-state index contributed by atoms with van der Waals surface area (Å²) in [5, 5.41) is 32.2. The van der Waals surface area contributed by atoms with Crippen LogP contribution in [0.5, 0.6) is 17.2 Å². The standard InChI is InChI=1S/C34H40O10/c1-15(2)20(35)12-18-24(36)22-25(37)19-13-32(41-9)14-21-31(7,8)44-33(29(32)40,11-10-16(3)28(38)39)34(19,21)43-27(22)23-26(18)42-17(4)30(23,5)6/h10,13,17,20-21,35-36H,1,11-12,14H2,2-9H3,(H,38,39)/b16-10+/t17-,20?,21-,32-,33-,34+/m0/s1. The van der Waals surface area contributed by atoms with Gasteiger partial charge in [0.2, 0.25) is 5.78 Å². The van der Waals surface area contributed by atoms with Crippen molar-refractivity contribution in [3.05, 3.63) is 52.1 Å². The van der Waals surface area contributed by atoms with Gasteiger partial charge in [0.05, 0.1) is 11.7 Å². The predicted octanol–water partition coefficient (Wildman–Crippen LogP) is 4.13. The topological polar surface area (TPSA) is 149 Å². The number of rotatable bonds is 7. The fraction of sp³-hybridized carbons (Fsp3) is 0.559. The predicted molar refractivity (Wildman–Crippen MR) is 158 cm³/mol. The molecule has 3 aliphatic heterocycles. The monoisotopic (exact) mass is 608 g/mol. The zero-order valence-corrected chi connectivity index (χ0v) is 26.4. The van der Waals surface area contributed by atoms with Crippen molar-refractivity contribution in [2.24, 2.45) is 5.92 Å². The van der Waals surface area contributed by atoms with Crippen LogP contribution in [0.3, 0.4) is 0 Å². The van der Waals surface area contributed by atoms with Crippen LogP contribution in [0.1, 0.15) is 82.8 Å². The van der Waals surface area contributed by atoms with E-state index in [0.717, 1.165) is 0 Å². The average molecular weight is 609 g/mol. The summed E-state index contributed by atoms with van der Waals surface area (Å²) in [6.45, 7) is 16.4. The third-order valence-corrected chi connectivity index (χ3v) is 10.9. The van der Waals surface area contributed by atoms with E-state index in [1.165, 1.54) is 26.2 Å². The second kappa shape index (κ2) is 9.05. The summed E-state index contributed by atoms with van der Waals surface area (Å²) in [5.41, 5.74) is -5.32. The van der Waals surface area contributed by atoms with Crippen molar-refractivity contribution < 1.29 is 48.7 Å². The Balaban J connectivity index is 1.69. The van der Waals surface area contributed by atoms with E-state index < -0.39 is 63.5 Å². The third kappa shape index (κ3) is 3.44. The Hall–Kier alpha value is -3.47. The molecule has 1 spiro atoms. The molecule has 1 saturated heterocycles. The van der Waals surface area contributed by atoms with Crippen LogP contribution in [0.15, 0.2) is 35.5 Å². The second-order valence-electron chi connectivity index (χ2n) is 14.1. The van der Waals surface area contributed by atoms with Gasteiger partial charge in [0, 0.05) is 53.6 Å². The number of ether oxygens (including phenoxy) is 4.